The van der Waals surface area contributed by atoms with Crippen molar-refractivity contribution in [1.82, 2.24) is 9.78 Å². The van der Waals surface area contributed by atoms with E-state index >= 15 is 0 Å². The minimum absolute atomic E-state index is 0.341. The Morgan fingerprint density at radius 3 is 2.50 bits per heavy atom. The number of aromatic nitrogens is 2. The van der Waals surface area contributed by atoms with Gasteiger partial charge in [-0.05, 0) is 13.8 Å². The van der Waals surface area contributed by atoms with Gasteiger partial charge in [0.15, 0.2) is 0 Å². The molecule has 3 N–H and O–H groups in total. The fourth-order valence-electron chi connectivity index (χ4n) is 0.999. The molecule has 3 nitrogen and oxygen atoms in total. The van der Waals surface area contributed by atoms with Crippen molar-refractivity contribution in [2.24, 2.45) is 7.05 Å². The standard InChI is InChI=1S/C7H13N3/c1-5(8)7-4-9-10(3)6(7)2/h4-5H,8H2,1-3H3/p+1/t5-/m1/s1. The molecule has 1 aromatic heterocycles. The Bertz CT molecular complexity index is 225. The van der Waals surface area contributed by atoms with E-state index < -0.39 is 0 Å². The topological polar surface area (TPSA) is 45.5 Å². The van der Waals surface area contributed by atoms with Gasteiger partial charge < -0.3 is 5.73 Å². The summed E-state index contributed by atoms with van der Waals surface area (Å²) in [6.07, 6.45) is 1.88. The molecule has 1 heterocycles. The molecule has 0 saturated carbocycles. The fraction of sp³-hybridized carbons (Fsp3) is 0.571. The van der Waals surface area contributed by atoms with Crippen molar-refractivity contribution in [3.05, 3.63) is 17.5 Å². The maximum Gasteiger partial charge on any atom is 0.110 e. The Labute approximate surface area is 60.8 Å². The third-order valence-electron chi connectivity index (χ3n) is 1.80. The Hall–Kier alpha value is -0.830. The van der Waals surface area contributed by atoms with E-state index in [1.165, 1.54) is 11.3 Å². The molecule has 1 atom stereocenters. The van der Waals surface area contributed by atoms with Gasteiger partial charge in [0.2, 0.25) is 0 Å². The highest BCUT2D eigenvalue weighted by Gasteiger charge is 2.09. The zero-order valence-corrected chi connectivity index (χ0v) is 6.76. The lowest BCUT2D eigenvalue weighted by Gasteiger charge is -1.99. The summed E-state index contributed by atoms with van der Waals surface area (Å²) in [5, 5.41) is 4.11. The molecule has 0 bridgehead atoms. The molecule has 1 aromatic rings. The average molecular weight is 140 g/mol. The van der Waals surface area contributed by atoms with Gasteiger partial charge in [-0.3, -0.25) is 4.68 Å². The molecule has 3 heteroatoms. The van der Waals surface area contributed by atoms with Crippen LogP contribution >= 0.6 is 0 Å². The largest absolute Gasteiger partial charge is 0.351 e. The van der Waals surface area contributed by atoms with Gasteiger partial charge >= 0.3 is 0 Å². The van der Waals surface area contributed by atoms with Crippen LogP contribution in [0.15, 0.2) is 6.20 Å². The number of hydrogen-bond acceptors (Lipinski definition) is 1. The van der Waals surface area contributed by atoms with Crippen molar-refractivity contribution in [1.29, 1.82) is 0 Å². The average Bonchev–Trinajstić information content (AvgIpc) is 2.14. The van der Waals surface area contributed by atoms with Gasteiger partial charge in [-0.1, -0.05) is 0 Å². The first kappa shape index (κ1) is 7.28. The quantitative estimate of drug-likeness (QED) is 0.587. The van der Waals surface area contributed by atoms with E-state index in [9.17, 15) is 0 Å². The molecule has 0 amide bonds. The summed E-state index contributed by atoms with van der Waals surface area (Å²) in [5.74, 6) is 0. The van der Waals surface area contributed by atoms with Gasteiger partial charge in [-0.25, -0.2) is 0 Å². The summed E-state index contributed by atoms with van der Waals surface area (Å²) in [4.78, 5) is 0. The van der Waals surface area contributed by atoms with Crippen LogP contribution in [-0.4, -0.2) is 9.78 Å². The predicted molar refractivity (Wildman–Crippen MR) is 39.2 cm³/mol. The van der Waals surface area contributed by atoms with Crippen LogP contribution in [0.5, 0.6) is 0 Å². The summed E-state index contributed by atoms with van der Waals surface area (Å²) >= 11 is 0. The van der Waals surface area contributed by atoms with Crippen molar-refractivity contribution in [2.45, 2.75) is 19.9 Å². The Morgan fingerprint density at radius 1 is 1.70 bits per heavy atom. The van der Waals surface area contributed by atoms with Gasteiger partial charge in [0, 0.05) is 18.3 Å². The zero-order valence-electron chi connectivity index (χ0n) is 6.76. The van der Waals surface area contributed by atoms with Crippen molar-refractivity contribution >= 4 is 0 Å². The van der Waals surface area contributed by atoms with Crippen LogP contribution in [0.2, 0.25) is 0 Å². The van der Waals surface area contributed by atoms with Gasteiger partial charge in [0.25, 0.3) is 0 Å². The number of quaternary nitrogens is 1. The van der Waals surface area contributed by atoms with Crippen molar-refractivity contribution in [3.8, 4) is 0 Å². The molecule has 0 radical (unpaired) electrons. The number of hydrogen-bond donors (Lipinski definition) is 1. The van der Waals surface area contributed by atoms with Crippen LogP contribution < -0.4 is 5.73 Å². The third kappa shape index (κ3) is 1.04. The minimum atomic E-state index is 0.341. The second kappa shape index (κ2) is 2.42. The number of rotatable bonds is 1. The smallest absolute Gasteiger partial charge is 0.110 e. The highest BCUT2D eigenvalue weighted by Crippen LogP contribution is 2.10. The highest BCUT2D eigenvalue weighted by atomic mass is 15.3. The Balaban J connectivity index is 3.05. The third-order valence-corrected chi connectivity index (χ3v) is 1.80. The first-order valence-corrected chi connectivity index (χ1v) is 3.44. The molecular weight excluding hydrogens is 126 g/mol. The fourth-order valence-corrected chi connectivity index (χ4v) is 0.999. The van der Waals surface area contributed by atoms with Gasteiger partial charge in [-0.2, -0.15) is 5.10 Å². The van der Waals surface area contributed by atoms with Gasteiger partial charge in [0.05, 0.1) is 6.20 Å². The van der Waals surface area contributed by atoms with E-state index in [1.807, 2.05) is 17.9 Å². The Morgan fingerprint density at radius 2 is 2.30 bits per heavy atom. The summed E-state index contributed by atoms with van der Waals surface area (Å²) in [7, 11) is 1.95. The lowest BCUT2D eigenvalue weighted by Crippen LogP contribution is -2.51. The maximum absolute atomic E-state index is 4.11. The SMILES string of the molecule is Cc1c([C@@H](C)[NH3+])cnn1C. The monoisotopic (exact) mass is 140 g/mol. The first-order chi connectivity index (χ1) is 4.63. The molecule has 56 valence electrons. The lowest BCUT2D eigenvalue weighted by atomic mass is 10.1. The summed E-state index contributed by atoms with van der Waals surface area (Å²) in [5.41, 5.74) is 6.38. The molecule has 10 heavy (non-hydrogen) atoms. The van der Waals surface area contributed by atoms with Crippen LogP contribution in [0.3, 0.4) is 0 Å². The molecule has 0 aliphatic heterocycles. The molecule has 0 fully saturated rings. The van der Waals surface area contributed by atoms with Crippen LogP contribution in [0.4, 0.5) is 0 Å². The summed E-state index contributed by atoms with van der Waals surface area (Å²) in [6.45, 7) is 4.13. The minimum Gasteiger partial charge on any atom is -0.351 e. The van der Waals surface area contributed by atoms with Crippen LogP contribution in [0.25, 0.3) is 0 Å². The molecule has 0 aromatic carbocycles. The number of nitrogens with zero attached hydrogens (tertiary/aromatic N) is 2. The second-order valence-electron chi connectivity index (χ2n) is 2.71. The Kier molecular flexibility index (Phi) is 1.76. The van der Waals surface area contributed by atoms with Crippen molar-refractivity contribution in [3.63, 3.8) is 0 Å². The van der Waals surface area contributed by atoms with E-state index in [1.54, 1.807) is 0 Å². The molecule has 1 rings (SSSR count). The molecule has 0 aliphatic rings. The van der Waals surface area contributed by atoms with E-state index in [4.69, 9.17) is 0 Å². The van der Waals surface area contributed by atoms with Crippen LogP contribution in [0.1, 0.15) is 24.2 Å². The molecule has 0 aliphatic carbocycles. The summed E-state index contributed by atoms with van der Waals surface area (Å²) in [6, 6.07) is 0.341. The molecule has 0 unspecified atom stereocenters. The molecule has 0 spiro atoms. The van der Waals surface area contributed by atoms with Gasteiger partial charge in [-0.15, -0.1) is 0 Å². The van der Waals surface area contributed by atoms with Gasteiger partial charge in [0.1, 0.15) is 6.04 Å². The number of aryl methyl sites for hydroxylation is 1. The second-order valence-corrected chi connectivity index (χ2v) is 2.71. The van der Waals surface area contributed by atoms with Crippen LogP contribution in [0, 0.1) is 6.92 Å². The first-order valence-electron chi connectivity index (χ1n) is 3.44. The zero-order chi connectivity index (χ0) is 7.72. The lowest BCUT2D eigenvalue weighted by molar-refractivity contribution is -0.420. The van der Waals surface area contributed by atoms with E-state index in [0.717, 1.165) is 0 Å². The van der Waals surface area contributed by atoms with Crippen molar-refractivity contribution < 1.29 is 5.73 Å². The van der Waals surface area contributed by atoms with E-state index in [2.05, 4.69) is 24.7 Å². The summed E-state index contributed by atoms with van der Waals surface area (Å²) < 4.78 is 1.87. The van der Waals surface area contributed by atoms with Crippen molar-refractivity contribution in [2.75, 3.05) is 0 Å². The highest BCUT2D eigenvalue weighted by molar-refractivity contribution is 5.17. The predicted octanol–water partition coefficient (Wildman–Crippen LogP) is 0.0314. The normalized spacial score (nSPS) is 13.6. The van der Waals surface area contributed by atoms with E-state index in [0.29, 0.717) is 6.04 Å². The van der Waals surface area contributed by atoms with E-state index in [-0.39, 0.29) is 0 Å². The van der Waals surface area contributed by atoms with Crippen LogP contribution in [-0.2, 0) is 7.05 Å². The molecule has 0 saturated heterocycles. The molecular formula is C7H14N3+. The maximum atomic E-state index is 4.11.